The first kappa shape index (κ1) is 24.0. The van der Waals surface area contributed by atoms with Gasteiger partial charge in [0.15, 0.2) is 6.10 Å². The molecule has 0 bridgehead atoms. The number of phenols is 1. The van der Waals surface area contributed by atoms with Gasteiger partial charge in [-0.1, -0.05) is 41.5 Å². The highest BCUT2D eigenvalue weighted by molar-refractivity contribution is 5.67. The molecule has 0 aromatic heterocycles. The van der Waals surface area contributed by atoms with Gasteiger partial charge in [0.05, 0.1) is 13.2 Å². The van der Waals surface area contributed by atoms with E-state index in [0.29, 0.717) is 5.75 Å². The Hall–Kier alpha value is -2.08. The molecule has 0 saturated carbocycles. The average Bonchev–Trinajstić information content (AvgIpc) is 2.50. The van der Waals surface area contributed by atoms with Gasteiger partial charge in [-0.3, -0.25) is 9.59 Å². The Morgan fingerprint density at radius 1 is 0.929 bits per heavy atom. The van der Waals surface area contributed by atoms with Gasteiger partial charge in [0.1, 0.15) is 12.4 Å². The predicted molar refractivity (Wildman–Crippen MR) is 107 cm³/mol. The van der Waals surface area contributed by atoms with E-state index in [9.17, 15) is 14.7 Å². The normalized spacial score (nSPS) is 13.1. The number of esters is 2. The summed E-state index contributed by atoms with van der Waals surface area (Å²) in [6.07, 6.45) is -0.664. The van der Waals surface area contributed by atoms with E-state index in [2.05, 4.69) is 41.5 Å². The van der Waals surface area contributed by atoms with Crippen LogP contribution in [0, 0.1) is 0 Å². The van der Waals surface area contributed by atoms with Gasteiger partial charge in [0.25, 0.3) is 0 Å². The summed E-state index contributed by atoms with van der Waals surface area (Å²) in [5.74, 6) is -0.591. The maximum absolute atomic E-state index is 11.2. The highest BCUT2D eigenvalue weighted by Crippen LogP contribution is 2.39. The van der Waals surface area contributed by atoms with Crippen molar-refractivity contribution in [3.05, 3.63) is 28.8 Å². The number of hydrogen-bond donors (Lipinski definition) is 1. The van der Waals surface area contributed by atoms with Crippen molar-refractivity contribution in [2.24, 2.45) is 0 Å². The van der Waals surface area contributed by atoms with Crippen LogP contribution in [0.15, 0.2) is 12.1 Å². The van der Waals surface area contributed by atoms with Crippen molar-refractivity contribution in [3.8, 4) is 5.75 Å². The first-order valence-corrected chi connectivity index (χ1v) is 9.47. The molecule has 0 radical (unpaired) electrons. The lowest BCUT2D eigenvalue weighted by molar-refractivity contribution is -0.160. The molecule has 1 unspecified atom stereocenters. The van der Waals surface area contributed by atoms with Gasteiger partial charge in [0.2, 0.25) is 0 Å². The lowest BCUT2D eigenvalue weighted by atomic mass is 9.78. The first-order valence-electron chi connectivity index (χ1n) is 9.47. The number of hydrogen-bond acceptors (Lipinski definition) is 6. The first-order chi connectivity index (χ1) is 12.7. The summed E-state index contributed by atoms with van der Waals surface area (Å²) in [6.45, 7) is 15.2. The van der Waals surface area contributed by atoms with Crippen LogP contribution in [0.25, 0.3) is 0 Å². The summed E-state index contributed by atoms with van der Waals surface area (Å²) >= 11 is 0. The Morgan fingerprint density at radius 2 is 1.43 bits per heavy atom. The zero-order chi connectivity index (χ0) is 21.7. The van der Waals surface area contributed by atoms with Crippen LogP contribution in [0.3, 0.4) is 0 Å². The van der Waals surface area contributed by atoms with Gasteiger partial charge in [0, 0.05) is 13.8 Å². The molecule has 0 spiro atoms. The molecule has 28 heavy (non-hydrogen) atoms. The lowest BCUT2D eigenvalue weighted by Crippen LogP contribution is -2.28. The Kier molecular flexibility index (Phi) is 8.05. The summed E-state index contributed by atoms with van der Waals surface area (Å²) in [5.41, 5.74) is 2.18. The van der Waals surface area contributed by atoms with Crippen molar-refractivity contribution < 1.29 is 28.9 Å². The molecule has 1 rings (SSSR count). The maximum Gasteiger partial charge on any atom is 0.303 e. The van der Waals surface area contributed by atoms with Crippen LogP contribution < -0.4 is 0 Å². The van der Waals surface area contributed by atoms with E-state index >= 15 is 0 Å². The van der Waals surface area contributed by atoms with Gasteiger partial charge < -0.3 is 19.3 Å². The smallest absolute Gasteiger partial charge is 0.303 e. The van der Waals surface area contributed by atoms with E-state index in [1.54, 1.807) is 0 Å². The van der Waals surface area contributed by atoms with Gasteiger partial charge in [-0.2, -0.15) is 0 Å². The maximum atomic E-state index is 11.2. The van der Waals surface area contributed by atoms with Gasteiger partial charge >= 0.3 is 11.9 Å². The molecule has 1 aromatic carbocycles. The quantitative estimate of drug-likeness (QED) is 0.704. The molecule has 6 heteroatoms. The van der Waals surface area contributed by atoms with Crippen LogP contribution in [0.5, 0.6) is 5.75 Å². The Labute approximate surface area is 168 Å². The Balaban J connectivity index is 2.98. The third kappa shape index (κ3) is 7.50. The highest BCUT2D eigenvalue weighted by atomic mass is 16.6. The number of rotatable bonds is 7. The monoisotopic (exact) mass is 394 g/mol. The van der Waals surface area contributed by atoms with Crippen LogP contribution in [0.1, 0.15) is 72.1 Å². The topological polar surface area (TPSA) is 82.1 Å². The summed E-state index contributed by atoms with van der Waals surface area (Å²) in [4.78, 5) is 22.2. The molecule has 1 aromatic rings. The van der Waals surface area contributed by atoms with Crippen LogP contribution in [-0.4, -0.2) is 36.4 Å². The zero-order valence-electron chi connectivity index (χ0n) is 18.3. The minimum absolute atomic E-state index is 0.0506. The fourth-order valence-electron chi connectivity index (χ4n) is 2.79. The van der Waals surface area contributed by atoms with Crippen molar-refractivity contribution in [3.63, 3.8) is 0 Å². The van der Waals surface area contributed by atoms with Crippen LogP contribution in [-0.2, 0) is 41.2 Å². The average molecular weight is 395 g/mol. The van der Waals surface area contributed by atoms with Crippen LogP contribution in [0.4, 0.5) is 0 Å². The lowest BCUT2D eigenvalue weighted by Gasteiger charge is -2.28. The molecule has 0 aliphatic carbocycles. The third-order valence-corrected chi connectivity index (χ3v) is 4.16. The third-order valence-electron chi connectivity index (χ3n) is 4.16. The second-order valence-electron chi connectivity index (χ2n) is 9.09. The summed E-state index contributed by atoms with van der Waals surface area (Å²) in [6, 6.07) is 3.88. The van der Waals surface area contributed by atoms with E-state index < -0.39 is 18.0 Å². The van der Waals surface area contributed by atoms with Gasteiger partial charge in [-0.15, -0.1) is 0 Å². The molecular formula is C22H34O6. The van der Waals surface area contributed by atoms with E-state index in [0.717, 1.165) is 16.7 Å². The van der Waals surface area contributed by atoms with Crippen LogP contribution >= 0.6 is 0 Å². The SMILES string of the molecule is CC(=O)OCC(COCc1cc(C(C)(C)C)c(O)c(C(C)(C)C)c1)OC(C)=O. The van der Waals surface area contributed by atoms with E-state index in [-0.39, 0.29) is 30.7 Å². The number of aromatic hydroxyl groups is 1. The highest BCUT2D eigenvalue weighted by Gasteiger charge is 2.26. The minimum atomic E-state index is -0.664. The number of carbonyl (C=O) groups is 2. The number of carbonyl (C=O) groups excluding carboxylic acids is 2. The Bertz CT molecular complexity index is 659. The molecule has 0 heterocycles. The molecular weight excluding hydrogens is 360 g/mol. The van der Waals surface area contributed by atoms with Crippen molar-refractivity contribution in [1.82, 2.24) is 0 Å². The summed E-state index contributed by atoms with van der Waals surface area (Å²) < 4.78 is 15.8. The molecule has 0 saturated heterocycles. The minimum Gasteiger partial charge on any atom is -0.507 e. The predicted octanol–water partition coefficient (Wildman–Crippen LogP) is 4.00. The van der Waals surface area contributed by atoms with Crippen molar-refractivity contribution in [1.29, 1.82) is 0 Å². The summed E-state index contributed by atoms with van der Waals surface area (Å²) in [5, 5.41) is 10.8. The van der Waals surface area contributed by atoms with Crippen molar-refractivity contribution in [2.45, 2.75) is 78.9 Å². The number of benzene rings is 1. The second-order valence-corrected chi connectivity index (χ2v) is 9.09. The van der Waals surface area contributed by atoms with E-state index in [1.807, 2.05) is 12.1 Å². The number of phenolic OH excluding ortho intramolecular Hbond substituents is 1. The second kappa shape index (κ2) is 9.41. The Morgan fingerprint density at radius 3 is 1.82 bits per heavy atom. The van der Waals surface area contributed by atoms with Gasteiger partial charge in [-0.25, -0.2) is 0 Å². The van der Waals surface area contributed by atoms with Crippen molar-refractivity contribution in [2.75, 3.05) is 13.2 Å². The molecule has 1 atom stereocenters. The summed E-state index contributed by atoms with van der Waals surface area (Å²) in [7, 11) is 0. The largest absolute Gasteiger partial charge is 0.507 e. The van der Waals surface area contributed by atoms with Crippen molar-refractivity contribution >= 4 is 11.9 Å². The fourth-order valence-corrected chi connectivity index (χ4v) is 2.79. The van der Waals surface area contributed by atoms with Crippen LogP contribution in [0.2, 0.25) is 0 Å². The standard InChI is InChI=1S/C22H34O6/c1-14(23)27-13-17(28-15(2)24)12-26-11-16-9-18(21(3,4)5)20(25)19(10-16)22(6,7)8/h9-10,17,25H,11-13H2,1-8H3. The molecule has 0 aliphatic rings. The van der Waals surface area contributed by atoms with E-state index in [4.69, 9.17) is 14.2 Å². The molecule has 0 fully saturated rings. The zero-order valence-corrected chi connectivity index (χ0v) is 18.3. The fraction of sp³-hybridized carbons (Fsp3) is 0.636. The number of ether oxygens (including phenoxy) is 3. The molecule has 0 aliphatic heterocycles. The molecule has 0 amide bonds. The molecule has 1 N–H and O–H groups in total. The molecule has 6 nitrogen and oxygen atoms in total. The molecule has 158 valence electrons. The van der Waals surface area contributed by atoms with E-state index in [1.165, 1.54) is 13.8 Å². The van der Waals surface area contributed by atoms with Gasteiger partial charge in [-0.05, 0) is 39.7 Å².